The van der Waals surface area contributed by atoms with E-state index < -0.39 is 6.09 Å². The van der Waals surface area contributed by atoms with Gasteiger partial charge in [-0.05, 0) is 62.8 Å². The predicted octanol–water partition coefficient (Wildman–Crippen LogP) is 3.37. The molecular formula is C25H30N4O4. The van der Waals surface area contributed by atoms with E-state index in [2.05, 4.69) is 4.90 Å². The lowest BCUT2D eigenvalue weighted by Gasteiger charge is -2.39. The lowest BCUT2D eigenvalue weighted by Crippen LogP contribution is -2.51. The predicted molar refractivity (Wildman–Crippen MR) is 128 cm³/mol. The van der Waals surface area contributed by atoms with E-state index in [1.54, 1.807) is 17.0 Å². The van der Waals surface area contributed by atoms with Gasteiger partial charge in [0.2, 0.25) is 5.91 Å². The molecule has 2 aliphatic heterocycles. The average molecular weight is 451 g/mol. The first-order chi connectivity index (χ1) is 15.7. The van der Waals surface area contributed by atoms with E-state index in [4.69, 9.17) is 0 Å². The smallest absolute Gasteiger partial charge is 0.411 e. The summed E-state index contributed by atoms with van der Waals surface area (Å²) in [5, 5.41) is 9.72. The van der Waals surface area contributed by atoms with Crippen molar-refractivity contribution in [2.75, 3.05) is 43.5 Å². The van der Waals surface area contributed by atoms with Gasteiger partial charge < -0.3 is 19.8 Å². The molecule has 33 heavy (non-hydrogen) atoms. The van der Waals surface area contributed by atoms with Crippen LogP contribution in [0.2, 0.25) is 0 Å². The Kier molecular flexibility index (Phi) is 6.12. The molecule has 2 aliphatic rings. The normalized spacial score (nSPS) is 20.2. The number of anilines is 2. The Hall–Kier alpha value is -3.39. The van der Waals surface area contributed by atoms with Crippen LogP contribution in [0.15, 0.2) is 42.5 Å². The Labute approximate surface area is 194 Å². The topological polar surface area (TPSA) is 84.4 Å². The SMILES string of the molecule is CC(=O)N1c2ccc(-c3ccc(C(=O)N4CC[C@H](N(C)C)C4)cc3)cc2N(C(=O)O)C[C@@H]1C. The molecule has 8 heteroatoms. The second kappa shape index (κ2) is 8.86. The van der Waals surface area contributed by atoms with Crippen molar-refractivity contribution >= 4 is 29.3 Å². The Morgan fingerprint density at radius 3 is 2.21 bits per heavy atom. The molecule has 2 aromatic carbocycles. The van der Waals surface area contributed by atoms with Crippen LogP contribution in [0.4, 0.5) is 16.2 Å². The second-order valence-corrected chi connectivity index (χ2v) is 9.07. The molecule has 1 saturated heterocycles. The van der Waals surface area contributed by atoms with Crippen molar-refractivity contribution < 1.29 is 19.5 Å². The highest BCUT2D eigenvalue weighted by Gasteiger charge is 2.34. The summed E-state index contributed by atoms with van der Waals surface area (Å²) in [5.41, 5.74) is 3.41. The third-order valence-electron chi connectivity index (χ3n) is 6.63. The molecule has 174 valence electrons. The van der Waals surface area contributed by atoms with E-state index in [0.717, 1.165) is 30.6 Å². The molecule has 0 unspecified atom stereocenters. The van der Waals surface area contributed by atoms with Gasteiger partial charge in [-0.3, -0.25) is 14.5 Å². The van der Waals surface area contributed by atoms with E-state index >= 15 is 0 Å². The highest BCUT2D eigenvalue weighted by Crippen LogP contribution is 2.39. The fourth-order valence-electron chi connectivity index (χ4n) is 4.80. The molecule has 0 aliphatic carbocycles. The number of amides is 3. The molecule has 2 aromatic rings. The maximum atomic E-state index is 12.9. The minimum atomic E-state index is -1.05. The van der Waals surface area contributed by atoms with Gasteiger partial charge in [-0.2, -0.15) is 0 Å². The van der Waals surface area contributed by atoms with Crippen LogP contribution in [0.25, 0.3) is 11.1 Å². The van der Waals surface area contributed by atoms with Crippen LogP contribution in [0.1, 0.15) is 30.6 Å². The van der Waals surface area contributed by atoms with Crippen LogP contribution in [0.5, 0.6) is 0 Å². The van der Waals surface area contributed by atoms with E-state index in [1.165, 1.54) is 11.8 Å². The Morgan fingerprint density at radius 1 is 0.970 bits per heavy atom. The number of nitrogens with zero attached hydrogens (tertiary/aromatic N) is 4. The van der Waals surface area contributed by atoms with Crippen LogP contribution in [-0.4, -0.2) is 78.6 Å². The first kappa shape index (κ1) is 22.8. The first-order valence-electron chi connectivity index (χ1n) is 11.2. The second-order valence-electron chi connectivity index (χ2n) is 9.07. The molecule has 3 amide bonds. The molecular weight excluding hydrogens is 420 g/mol. The van der Waals surface area contributed by atoms with Crippen molar-refractivity contribution in [3.8, 4) is 11.1 Å². The van der Waals surface area contributed by atoms with Crippen LogP contribution in [0.3, 0.4) is 0 Å². The molecule has 8 nitrogen and oxygen atoms in total. The van der Waals surface area contributed by atoms with Gasteiger partial charge in [0.25, 0.3) is 5.91 Å². The third-order valence-corrected chi connectivity index (χ3v) is 6.63. The maximum absolute atomic E-state index is 12.9. The molecule has 0 aromatic heterocycles. The summed E-state index contributed by atoms with van der Waals surface area (Å²) in [6.07, 6.45) is -0.0758. The summed E-state index contributed by atoms with van der Waals surface area (Å²) in [7, 11) is 4.07. The van der Waals surface area contributed by atoms with Crippen molar-refractivity contribution in [2.45, 2.75) is 32.4 Å². The number of likely N-dealkylation sites (tertiary alicyclic amines) is 1. The van der Waals surface area contributed by atoms with Crippen LogP contribution in [-0.2, 0) is 4.79 Å². The van der Waals surface area contributed by atoms with Gasteiger partial charge >= 0.3 is 6.09 Å². The molecule has 0 radical (unpaired) electrons. The van der Waals surface area contributed by atoms with Crippen LogP contribution < -0.4 is 9.80 Å². The standard InChI is InChI=1S/C25H30N4O4/c1-16-14-28(25(32)33)23-13-20(9-10-22(23)29(16)17(2)30)18-5-7-19(8-6-18)24(31)27-12-11-21(15-27)26(3)4/h5-10,13,16,21H,11-12,14-15H2,1-4H3,(H,32,33)/t16-,21-/m0/s1. The minimum Gasteiger partial charge on any atom is -0.465 e. The molecule has 0 saturated carbocycles. The highest BCUT2D eigenvalue weighted by molar-refractivity contribution is 6.03. The Morgan fingerprint density at radius 2 is 1.64 bits per heavy atom. The number of hydrogen-bond donors (Lipinski definition) is 1. The fraction of sp³-hybridized carbons (Fsp3) is 0.400. The lowest BCUT2D eigenvalue weighted by atomic mass is 9.99. The van der Waals surface area contributed by atoms with Gasteiger partial charge in [0, 0.05) is 38.2 Å². The van der Waals surface area contributed by atoms with Crippen molar-refractivity contribution in [3.63, 3.8) is 0 Å². The molecule has 0 spiro atoms. The van der Waals surface area contributed by atoms with E-state index in [-0.39, 0.29) is 24.4 Å². The monoisotopic (exact) mass is 450 g/mol. The Bertz CT molecular complexity index is 1080. The first-order valence-corrected chi connectivity index (χ1v) is 11.2. The van der Waals surface area contributed by atoms with Crippen molar-refractivity contribution in [2.24, 2.45) is 0 Å². The summed E-state index contributed by atoms with van der Waals surface area (Å²) in [4.78, 5) is 43.9. The lowest BCUT2D eigenvalue weighted by molar-refractivity contribution is -0.117. The van der Waals surface area contributed by atoms with E-state index in [9.17, 15) is 19.5 Å². The van der Waals surface area contributed by atoms with Gasteiger partial charge in [-0.15, -0.1) is 0 Å². The minimum absolute atomic E-state index is 0.0273. The zero-order chi connectivity index (χ0) is 23.9. The van der Waals surface area contributed by atoms with Gasteiger partial charge in [0.15, 0.2) is 0 Å². The fourth-order valence-corrected chi connectivity index (χ4v) is 4.80. The van der Waals surface area contributed by atoms with Crippen LogP contribution >= 0.6 is 0 Å². The summed E-state index contributed by atoms with van der Waals surface area (Å²) >= 11 is 0. The number of fused-ring (bicyclic) bond motifs is 1. The van der Waals surface area contributed by atoms with Crippen molar-refractivity contribution in [3.05, 3.63) is 48.0 Å². The molecule has 0 bridgehead atoms. The zero-order valence-corrected chi connectivity index (χ0v) is 19.5. The van der Waals surface area contributed by atoms with Gasteiger partial charge in [0.1, 0.15) is 0 Å². The number of hydrogen-bond acceptors (Lipinski definition) is 4. The van der Waals surface area contributed by atoms with E-state index in [0.29, 0.717) is 23.0 Å². The molecule has 1 fully saturated rings. The molecule has 2 heterocycles. The summed E-state index contributed by atoms with van der Waals surface area (Å²) in [6, 6.07) is 13.0. The van der Waals surface area contributed by atoms with E-state index in [1.807, 2.05) is 56.3 Å². The quantitative estimate of drug-likeness (QED) is 0.775. The summed E-state index contributed by atoms with van der Waals surface area (Å²) in [5.74, 6) is -0.0951. The number of carbonyl (C=O) groups excluding carboxylic acids is 2. The summed E-state index contributed by atoms with van der Waals surface area (Å²) < 4.78 is 0. The maximum Gasteiger partial charge on any atom is 0.411 e. The average Bonchev–Trinajstić information content (AvgIpc) is 3.28. The zero-order valence-electron chi connectivity index (χ0n) is 19.5. The number of benzene rings is 2. The summed E-state index contributed by atoms with van der Waals surface area (Å²) in [6.45, 7) is 5.02. The number of carboxylic acid groups (broad SMARTS) is 1. The molecule has 1 N–H and O–H groups in total. The number of rotatable bonds is 3. The molecule has 4 rings (SSSR count). The number of carbonyl (C=O) groups is 3. The largest absolute Gasteiger partial charge is 0.465 e. The van der Waals surface area contributed by atoms with Crippen LogP contribution in [0, 0.1) is 0 Å². The van der Waals surface area contributed by atoms with Gasteiger partial charge in [0.05, 0.1) is 17.4 Å². The van der Waals surface area contributed by atoms with Gasteiger partial charge in [-0.1, -0.05) is 18.2 Å². The van der Waals surface area contributed by atoms with Crippen molar-refractivity contribution in [1.82, 2.24) is 9.80 Å². The van der Waals surface area contributed by atoms with Crippen molar-refractivity contribution in [1.29, 1.82) is 0 Å². The number of likely N-dealkylation sites (N-methyl/N-ethyl adjacent to an activating group) is 1. The highest BCUT2D eigenvalue weighted by atomic mass is 16.4. The van der Waals surface area contributed by atoms with Gasteiger partial charge in [-0.25, -0.2) is 4.79 Å². The molecule has 2 atom stereocenters. The Balaban J connectivity index is 1.60. The third kappa shape index (κ3) is 4.30.